The van der Waals surface area contributed by atoms with Crippen LogP contribution in [0.5, 0.6) is 0 Å². The molecule has 4 heteroatoms. The fraction of sp³-hybridized carbons (Fsp3) is 0. The van der Waals surface area contributed by atoms with Gasteiger partial charge in [-0.15, -0.1) is 0 Å². The minimum Gasteiger partial charge on any atom is -0.288 e. The van der Waals surface area contributed by atoms with E-state index < -0.39 is 11.7 Å². The molecule has 0 N–H and O–H groups in total. The second kappa shape index (κ2) is 4.41. The molecule has 0 atom stereocenters. The molecular formula is C12H7ClFNO. The summed E-state index contributed by atoms with van der Waals surface area (Å²) in [6.07, 6.45) is 1.29. The maximum Gasteiger partial charge on any atom is 0.224 e. The van der Waals surface area contributed by atoms with Crippen LogP contribution in [0.4, 0.5) is 4.39 Å². The highest BCUT2D eigenvalue weighted by Gasteiger charge is 2.16. The van der Waals surface area contributed by atoms with Crippen molar-refractivity contribution in [3.8, 4) is 0 Å². The fourth-order valence-corrected chi connectivity index (χ4v) is 1.57. The number of aromatic nitrogens is 1. The van der Waals surface area contributed by atoms with Gasteiger partial charge in [0.25, 0.3) is 0 Å². The topological polar surface area (TPSA) is 30.0 Å². The van der Waals surface area contributed by atoms with Crippen LogP contribution in [-0.2, 0) is 0 Å². The molecule has 0 fully saturated rings. The number of nitrogens with zero attached hydrogens (tertiary/aromatic N) is 1. The molecule has 0 radical (unpaired) electrons. The Bertz CT molecular complexity index is 495. The third-order valence-corrected chi connectivity index (χ3v) is 2.45. The summed E-state index contributed by atoms with van der Waals surface area (Å²) in [6.45, 7) is 0. The normalized spacial score (nSPS) is 10.1. The van der Waals surface area contributed by atoms with Gasteiger partial charge < -0.3 is 0 Å². The smallest absolute Gasteiger partial charge is 0.224 e. The Kier molecular flexibility index (Phi) is 2.97. The van der Waals surface area contributed by atoms with E-state index in [-0.39, 0.29) is 11.1 Å². The van der Waals surface area contributed by atoms with Crippen molar-refractivity contribution in [1.29, 1.82) is 0 Å². The largest absolute Gasteiger partial charge is 0.288 e. The van der Waals surface area contributed by atoms with Crippen molar-refractivity contribution in [2.45, 2.75) is 0 Å². The van der Waals surface area contributed by atoms with E-state index in [1.54, 1.807) is 24.3 Å². The zero-order valence-corrected chi connectivity index (χ0v) is 8.91. The summed E-state index contributed by atoms with van der Waals surface area (Å²) in [5.74, 6) is -1.25. The van der Waals surface area contributed by atoms with E-state index in [1.165, 1.54) is 18.3 Å². The van der Waals surface area contributed by atoms with E-state index in [9.17, 15) is 9.18 Å². The molecular weight excluding hydrogens is 229 g/mol. The molecule has 16 heavy (non-hydrogen) atoms. The van der Waals surface area contributed by atoms with Gasteiger partial charge in [0.05, 0.1) is 10.6 Å². The SMILES string of the molecule is O=C(c1ccccc1Cl)c1cccnc1F. The second-order valence-electron chi connectivity index (χ2n) is 3.15. The highest BCUT2D eigenvalue weighted by Crippen LogP contribution is 2.19. The molecule has 0 saturated carbocycles. The highest BCUT2D eigenvalue weighted by atomic mass is 35.5. The molecule has 80 valence electrons. The third kappa shape index (κ3) is 1.95. The summed E-state index contributed by atoms with van der Waals surface area (Å²) < 4.78 is 13.3. The molecule has 0 unspecified atom stereocenters. The Morgan fingerprint density at radius 2 is 1.81 bits per heavy atom. The van der Waals surface area contributed by atoms with Crippen molar-refractivity contribution in [1.82, 2.24) is 4.98 Å². The molecule has 2 nitrogen and oxygen atoms in total. The summed E-state index contributed by atoms with van der Waals surface area (Å²) >= 11 is 5.86. The molecule has 1 heterocycles. The third-order valence-electron chi connectivity index (χ3n) is 2.12. The van der Waals surface area contributed by atoms with Crippen LogP contribution >= 0.6 is 11.6 Å². The number of carbonyl (C=O) groups excluding carboxylic acids is 1. The molecule has 2 aromatic rings. The van der Waals surface area contributed by atoms with Gasteiger partial charge in [-0.05, 0) is 24.3 Å². The van der Waals surface area contributed by atoms with Crippen LogP contribution in [0.1, 0.15) is 15.9 Å². The molecule has 1 aromatic heterocycles. The molecule has 0 bridgehead atoms. The van der Waals surface area contributed by atoms with Gasteiger partial charge in [-0.25, -0.2) is 4.98 Å². The lowest BCUT2D eigenvalue weighted by molar-refractivity contribution is 0.103. The van der Waals surface area contributed by atoms with E-state index >= 15 is 0 Å². The van der Waals surface area contributed by atoms with Crippen LogP contribution in [0, 0.1) is 5.95 Å². The number of benzene rings is 1. The van der Waals surface area contributed by atoms with Crippen molar-refractivity contribution in [3.63, 3.8) is 0 Å². The Morgan fingerprint density at radius 3 is 2.50 bits per heavy atom. The maximum absolute atomic E-state index is 13.3. The Hall–Kier alpha value is -1.74. The van der Waals surface area contributed by atoms with Crippen LogP contribution in [-0.4, -0.2) is 10.8 Å². The predicted octanol–water partition coefficient (Wildman–Crippen LogP) is 3.11. The Balaban J connectivity index is 2.48. The molecule has 1 aromatic carbocycles. The fourth-order valence-electron chi connectivity index (χ4n) is 1.35. The molecule has 0 aliphatic heterocycles. The second-order valence-corrected chi connectivity index (χ2v) is 3.56. The maximum atomic E-state index is 13.3. The van der Waals surface area contributed by atoms with Gasteiger partial charge >= 0.3 is 0 Å². The summed E-state index contributed by atoms with van der Waals surface area (Å²) in [7, 11) is 0. The molecule has 2 rings (SSSR count). The van der Waals surface area contributed by atoms with E-state index in [0.717, 1.165) is 0 Å². The summed E-state index contributed by atoms with van der Waals surface area (Å²) in [6, 6.07) is 9.41. The number of pyridine rings is 1. The zero-order valence-electron chi connectivity index (χ0n) is 8.15. The molecule has 0 aliphatic carbocycles. The summed E-state index contributed by atoms with van der Waals surface area (Å²) in [5, 5.41) is 0.302. The van der Waals surface area contributed by atoms with Crippen molar-refractivity contribution in [2.24, 2.45) is 0 Å². The van der Waals surface area contributed by atoms with E-state index in [2.05, 4.69) is 4.98 Å². The average Bonchev–Trinajstić information content (AvgIpc) is 2.29. The molecule has 0 amide bonds. The Labute approximate surface area is 96.7 Å². The lowest BCUT2D eigenvalue weighted by Gasteiger charge is -2.03. The standard InChI is InChI=1S/C12H7ClFNO/c13-10-6-2-1-4-8(10)11(16)9-5-3-7-15-12(9)14/h1-7H. The zero-order chi connectivity index (χ0) is 11.5. The van der Waals surface area contributed by atoms with E-state index in [4.69, 9.17) is 11.6 Å². The number of halogens is 2. The van der Waals surface area contributed by atoms with Gasteiger partial charge in [-0.3, -0.25) is 4.79 Å². The first kappa shape index (κ1) is 10.8. The highest BCUT2D eigenvalue weighted by molar-refractivity contribution is 6.34. The first-order chi connectivity index (χ1) is 7.70. The van der Waals surface area contributed by atoms with E-state index in [1.807, 2.05) is 0 Å². The lowest BCUT2D eigenvalue weighted by Crippen LogP contribution is -2.05. The Morgan fingerprint density at radius 1 is 1.12 bits per heavy atom. The van der Waals surface area contributed by atoms with Crippen molar-refractivity contribution < 1.29 is 9.18 Å². The van der Waals surface area contributed by atoms with Crippen LogP contribution in [0.2, 0.25) is 5.02 Å². The van der Waals surface area contributed by atoms with Gasteiger partial charge in [0.1, 0.15) is 0 Å². The van der Waals surface area contributed by atoms with Crippen molar-refractivity contribution in [3.05, 3.63) is 64.7 Å². The minimum absolute atomic E-state index is 0.0735. The van der Waals surface area contributed by atoms with Gasteiger partial charge in [-0.2, -0.15) is 4.39 Å². The quantitative estimate of drug-likeness (QED) is 0.591. The van der Waals surface area contributed by atoms with Crippen LogP contribution in [0.3, 0.4) is 0 Å². The number of hydrogen-bond donors (Lipinski definition) is 0. The van der Waals surface area contributed by atoms with Gasteiger partial charge in [0, 0.05) is 11.8 Å². The van der Waals surface area contributed by atoms with Crippen molar-refractivity contribution in [2.75, 3.05) is 0 Å². The van der Waals surface area contributed by atoms with Gasteiger partial charge in [-0.1, -0.05) is 23.7 Å². The first-order valence-corrected chi connectivity index (χ1v) is 4.97. The minimum atomic E-state index is -0.785. The molecule has 0 aliphatic rings. The van der Waals surface area contributed by atoms with Gasteiger partial charge in [0.2, 0.25) is 5.95 Å². The lowest BCUT2D eigenvalue weighted by atomic mass is 10.1. The monoisotopic (exact) mass is 235 g/mol. The van der Waals surface area contributed by atoms with Gasteiger partial charge in [0.15, 0.2) is 5.78 Å². The number of carbonyl (C=O) groups is 1. The average molecular weight is 236 g/mol. The van der Waals surface area contributed by atoms with E-state index in [0.29, 0.717) is 5.02 Å². The number of hydrogen-bond acceptors (Lipinski definition) is 2. The predicted molar refractivity (Wildman–Crippen MR) is 59.1 cm³/mol. The molecule has 0 saturated heterocycles. The van der Waals surface area contributed by atoms with Crippen LogP contribution in [0.25, 0.3) is 0 Å². The summed E-state index contributed by atoms with van der Waals surface area (Å²) in [5.41, 5.74) is 0.201. The van der Waals surface area contributed by atoms with Crippen LogP contribution < -0.4 is 0 Å². The first-order valence-electron chi connectivity index (χ1n) is 4.60. The summed E-state index contributed by atoms with van der Waals surface area (Å²) in [4.78, 5) is 15.3. The van der Waals surface area contributed by atoms with Crippen LogP contribution in [0.15, 0.2) is 42.6 Å². The number of rotatable bonds is 2. The number of ketones is 1. The molecule has 0 spiro atoms. The van der Waals surface area contributed by atoms with Crippen molar-refractivity contribution >= 4 is 17.4 Å².